The lowest BCUT2D eigenvalue weighted by atomic mass is 9.95. The molecule has 0 aromatic heterocycles. The second kappa shape index (κ2) is 5.72. The molecule has 4 nitrogen and oxygen atoms in total. The molecule has 1 aromatic carbocycles. The van der Waals surface area contributed by atoms with E-state index in [-0.39, 0.29) is 23.9 Å². The van der Waals surface area contributed by atoms with Crippen molar-refractivity contribution < 1.29 is 9.53 Å². The molecule has 2 aliphatic rings. The number of rotatable bonds is 4. The summed E-state index contributed by atoms with van der Waals surface area (Å²) in [6.45, 7) is 3.78. The molecular weight excluding hydrogens is 276 g/mol. The molecule has 1 atom stereocenters. The van der Waals surface area contributed by atoms with E-state index in [0.717, 1.165) is 18.4 Å². The largest absolute Gasteiger partial charge is 0.372 e. The third-order valence-corrected chi connectivity index (χ3v) is 4.29. The van der Waals surface area contributed by atoms with Crippen LogP contribution in [0.4, 0.5) is 0 Å². The number of fused-ring (bicyclic) bond motifs is 1. The number of carbonyl (C=O) groups is 1. The minimum Gasteiger partial charge on any atom is -0.372 e. The lowest BCUT2D eigenvalue weighted by Gasteiger charge is -2.29. The Morgan fingerprint density at radius 1 is 1.40 bits per heavy atom. The van der Waals surface area contributed by atoms with Crippen molar-refractivity contribution in [3.63, 3.8) is 0 Å². The summed E-state index contributed by atoms with van der Waals surface area (Å²) >= 11 is 0. The molecule has 1 heterocycles. The molecule has 20 heavy (non-hydrogen) atoms. The fraction of sp³-hybridized carbons (Fsp3) is 0.533. The SMILES string of the molecule is CC(CN)(NC(=O)c1ccc2c(c1)COC2)C1CC1.Cl. The average Bonchev–Trinajstić information content (AvgIpc) is 3.17. The van der Waals surface area contributed by atoms with Crippen LogP contribution in [-0.4, -0.2) is 18.0 Å². The van der Waals surface area contributed by atoms with Crippen LogP contribution in [0.3, 0.4) is 0 Å². The van der Waals surface area contributed by atoms with Crippen molar-refractivity contribution >= 4 is 18.3 Å². The number of hydrogen-bond acceptors (Lipinski definition) is 3. The lowest BCUT2D eigenvalue weighted by Crippen LogP contribution is -2.53. The zero-order chi connectivity index (χ0) is 13.5. The highest BCUT2D eigenvalue weighted by Gasteiger charge is 2.41. The van der Waals surface area contributed by atoms with Crippen LogP contribution in [-0.2, 0) is 18.0 Å². The van der Waals surface area contributed by atoms with Gasteiger partial charge in [-0.15, -0.1) is 12.4 Å². The summed E-state index contributed by atoms with van der Waals surface area (Å²) in [6.07, 6.45) is 2.32. The topological polar surface area (TPSA) is 64.3 Å². The molecule has 110 valence electrons. The zero-order valence-corrected chi connectivity index (χ0v) is 12.5. The number of hydrogen-bond donors (Lipinski definition) is 2. The molecular formula is C15H21ClN2O2. The van der Waals surface area contributed by atoms with E-state index in [4.69, 9.17) is 10.5 Å². The molecule has 0 bridgehead atoms. The average molecular weight is 297 g/mol. The molecule has 0 saturated heterocycles. The fourth-order valence-electron chi connectivity index (χ4n) is 2.69. The van der Waals surface area contributed by atoms with Crippen LogP contribution in [0.2, 0.25) is 0 Å². The second-order valence-electron chi connectivity index (χ2n) is 5.83. The van der Waals surface area contributed by atoms with Gasteiger partial charge >= 0.3 is 0 Å². The van der Waals surface area contributed by atoms with E-state index in [9.17, 15) is 4.79 Å². The zero-order valence-electron chi connectivity index (χ0n) is 11.6. The van der Waals surface area contributed by atoms with Crippen LogP contribution in [0, 0.1) is 5.92 Å². The smallest absolute Gasteiger partial charge is 0.251 e. The minimum absolute atomic E-state index is 0. The molecule has 1 aromatic rings. The number of nitrogens with two attached hydrogens (primary N) is 1. The molecule has 1 fully saturated rings. The fourth-order valence-corrected chi connectivity index (χ4v) is 2.69. The van der Waals surface area contributed by atoms with Crippen LogP contribution in [0.5, 0.6) is 0 Å². The monoisotopic (exact) mass is 296 g/mol. The van der Waals surface area contributed by atoms with E-state index >= 15 is 0 Å². The summed E-state index contributed by atoms with van der Waals surface area (Å²) < 4.78 is 5.37. The first-order valence-electron chi connectivity index (χ1n) is 6.84. The van der Waals surface area contributed by atoms with Crippen LogP contribution in [0.25, 0.3) is 0 Å². The predicted octanol–water partition coefficient (Wildman–Crippen LogP) is 2.00. The van der Waals surface area contributed by atoms with Gasteiger partial charge in [0.05, 0.1) is 18.8 Å². The summed E-state index contributed by atoms with van der Waals surface area (Å²) in [5, 5.41) is 3.11. The van der Waals surface area contributed by atoms with Gasteiger partial charge in [0.15, 0.2) is 0 Å². The van der Waals surface area contributed by atoms with Gasteiger partial charge in [0.25, 0.3) is 5.91 Å². The van der Waals surface area contributed by atoms with Gasteiger partial charge in [-0.05, 0) is 48.9 Å². The lowest BCUT2D eigenvalue weighted by molar-refractivity contribution is 0.0897. The van der Waals surface area contributed by atoms with E-state index in [1.165, 1.54) is 5.56 Å². The highest BCUT2D eigenvalue weighted by atomic mass is 35.5. The van der Waals surface area contributed by atoms with E-state index in [1.54, 1.807) is 0 Å². The maximum atomic E-state index is 12.3. The van der Waals surface area contributed by atoms with E-state index < -0.39 is 0 Å². The number of amides is 1. The maximum absolute atomic E-state index is 12.3. The van der Waals surface area contributed by atoms with E-state index in [0.29, 0.717) is 31.2 Å². The summed E-state index contributed by atoms with van der Waals surface area (Å²) in [7, 11) is 0. The minimum atomic E-state index is -0.271. The number of benzene rings is 1. The van der Waals surface area contributed by atoms with E-state index in [1.807, 2.05) is 25.1 Å². The van der Waals surface area contributed by atoms with Crippen molar-refractivity contribution in [1.29, 1.82) is 0 Å². The van der Waals surface area contributed by atoms with Gasteiger partial charge in [-0.25, -0.2) is 0 Å². The Kier molecular flexibility index (Phi) is 4.37. The molecule has 5 heteroatoms. The van der Waals surface area contributed by atoms with Gasteiger partial charge in [0, 0.05) is 12.1 Å². The first-order chi connectivity index (χ1) is 9.12. The Morgan fingerprint density at radius 3 is 2.75 bits per heavy atom. The van der Waals surface area contributed by atoms with Crippen LogP contribution < -0.4 is 11.1 Å². The number of nitrogens with one attached hydrogen (secondary N) is 1. The molecule has 3 N–H and O–H groups in total. The summed E-state index contributed by atoms with van der Waals surface area (Å²) in [5.74, 6) is 0.494. The third kappa shape index (κ3) is 2.82. The molecule has 3 rings (SSSR count). The molecule has 1 unspecified atom stereocenters. The normalized spacial score (nSPS) is 19.7. The predicted molar refractivity (Wildman–Crippen MR) is 79.8 cm³/mol. The molecule has 1 amide bonds. The molecule has 0 spiro atoms. The van der Waals surface area contributed by atoms with Crippen molar-refractivity contribution in [2.45, 2.75) is 38.5 Å². The van der Waals surface area contributed by atoms with Crippen LogP contribution in [0.1, 0.15) is 41.3 Å². The van der Waals surface area contributed by atoms with Gasteiger partial charge in [-0.2, -0.15) is 0 Å². The van der Waals surface area contributed by atoms with Crippen molar-refractivity contribution in [3.05, 3.63) is 34.9 Å². The number of halogens is 1. The van der Waals surface area contributed by atoms with Crippen molar-refractivity contribution in [2.75, 3.05) is 6.54 Å². The van der Waals surface area contributed by atoms with Crippen molar-refractivity contribution in [3.8, 4) is 0 Å². The van der Waals surface area contributed by atoms with Crippen molar-refractivity contribution in [2.24, 2.45) is 11.7 Å². The highest BCUT2D eigenvalue weighted by Crippen LogP contribution is 2.39. The third-order valence-electron chi connectivity index (χ3n) is 4.29. The molecule has 1 saturated carbocycles. The van der Waals surface area contributed by atoms with E-state index in [2.05, 4.69) is 5.32 Å². The van der Waals surface area contributed by atoms with Gasteiger partial charge in [0.2, 0.25) is 0 Å². The van der Waals surface area contributed by atoms with Crippen LogP contribution in [0.15, 0.2) is 18.2 Å². The highest BCUT2D eigenvalue weighted by molar-refractivity contribution is 5.95. The summed E-state index contributed by atoms with van der Waals surface area (Å²) in [4.78, 5) is 12.3. The Hall–Kier alpha value is -1.10. The first-order valence-corrected chi connectivity index (χ1v) is 6.84. The summed E-state index contributed by atoms with van der Waals surface area (Å²) in [6, 6.07) is 5.78. The maximum Gasteiger partial charge on any atom is 0.251 e. The van der Waals surface area contributed by atoms with Gasteiger partial charge < -0.3 is 15.8 Å². The Bertz CT molecular complexity index is 517. The second-order valence-corrected chi connectivity index (χ2v) is 5.83. The Labute approximate surface area is 125 Å². The number of ether oxygens (including phenoxy) is 1. The first kappa shape index (κ1) is 15.3. The standard InChI is InChI=1S/C15H20N2O2.ClH/c1-15(9-16,13-4-5-13)17-14(18)10-2-3-11-7-19-8-12(11)6-10;/h2-3,6,13H,4-5,7-9,16H2,1H3,(H,17,18);1H. The molecule has 0 radical (unpaired) electrons. The van der Waals surface area contributed by atoms with Gasteiger partial charge in [0.1, 0.15) is 0 Å². The molecule has 1 aliphatic carbocycles. The van der Waals surface area contributed by atoms with Crippen molar-refractivity contribution in [1.82, 2.24) is 5.32 Å². The quantitative estimate of drug-likeness (QED) is 0.893. The Balaban J connectivity index is 0.00000147. The Morgan fingerprint density at radius 2 is 2.10 bits per heavy atom. The number of carbonyl (C=O) groups excluding carboxylic acids is 1. The van der Waals surface area contributed by atoms with Gasteiger partial charge in [-0.1, -0.05) is 6.07 Å². The van der Waals surface area contributed by atoms with Crippen LogP contribution >= 0.6 is 12.4 Å². The summed E-state index contributed by atoms with van der Waals surface area (Å²) in [5.41, 5.74) is 8.56. The van der Waals surface area contributed by atoms with Gasteiger partial charge in [-0.3, -0.25) is 4.79 Å². The molecule has 1 aliphatic heterocycles.